The highest BCUT2D eigenvalue weighted by molar-refractivity contribution is 5.98. The van der Waals surface area contributed by atoms with Gasteiger partial charge in [0.25, 0.3) is 5.91 Å². The summed E-state index contributed by atoms with van der Waals surface area (Å²) in [5.74, 6) is 0.368. The van der Waals surface area contributed by atoms with Crippen LogP contribution < -0.4 is 5.32 Å². The molecule has 0 aliphatic rings. The van der Waals surface area contributed by atoms with Gasteiger partial charge in [-0.15, -0.1) is 10.2 Å². The number of hydrogen-bond acceptors (Lipinski definition) is 4. The Morgan fingerprint density at radius 1 is 1.00 bits per heavy atom. The van der Waals surface area contributed by atoms with Crippen molar-refractivity contribution in [2.75, 3.05) is 0 Å². The Bertz CT molecular complexity index is 647. The molecular formula is C15H21N5O. The van der Waals surface area contributed by atoms with Gasteiger partial charge < -0.3 is 5.32 Å². The van der Waals surface area contributed by atoms with Gasteiger partial charge in [-0.05, 0) is 69.4 Å². The Hall–Kier alpha value is -2.24. The quantitative estimate of drug-likeness (QED) is 0.906. The van der Waals surface area contributed by atoms with Crippen LogP contribution in [0.4, 0.5) is 0 Å². The van der Waals surface area contributed by atoms with E-state index in [-0.39, 0.29) is 11.9 Å². The number of nitrogens with one attached hydrogen (secondary N) is 2. The summed E-state index contributed by atoms with van der Waals surface area (Å²) in [6.45, 7) is 12.0. The molecule has 0 saturated carbocycles. The molecule has 6 nitrogen and oxygen atoms in total. The van der Waals surface area contributed by atoms with Gasteiger partial charge >= 0.3 is 0 Å². The van der Waals surface area contributed by atoms with E-state index in [1.165, 1.54) is 5.56 Å². The number of amides is 1. The van der Waals surface area contributed by atoms with Gasteiger partial charge in [-0.1, -0.05) is 5.21 Å². The zero-order chi connectivity index (χ0) is 15.7. The third kappa shape index (κ3) is 2.66. The molecule has 1 aromatic heterocycles. The van der Waals surface area contributed by atoms with Gasteiger partial charge in [0, 0.05) is 5.56 Å². The summed E-state index contributed by atoms with van der Waals surface area (Å²) >= 11 is 0. The van der Waals surface area contributed by atoms with Crippen molar-refractivity contribution in [1.29, 1.82) is 0 Å². The third-order valence-electron chi connectivity index (χ3n) is 4.32. The lowest BCUT2D eigenvalue weighted by Crippen LogP contribution is -2.29. The first-order chi connectivity index (χ1) is 9.84. The van der Waals surface area contributed by atoms with Gasteiger partial charge in [0.15, 0.2) is 5.82 Å². The second-order valence-electron chi connectivity index (χ2n) is 5.47. The molecule has 0 saturated heterocycles. The predicted molar refractivity (Wildman–Crippen MR) is 80.2 cm³/mol. The Kier molecular flexibility index (Phi) is 4.06. The minimum atomic E-state index is -0.294. The first-order valence-corrected chi connectivity index (χ1v) is 6.95. The molecule has 112 valence electrons. The third-order valence-corrected chi connectivity index (χ3v) is 4.32. The van der Waals surface area contributed by atoms with Gasteiger partial charge in [-0.3, -0.25) is 4.79 Å². The number of H-pyrrole nitrogens is 1. The van der Waals surface area contributed by atoms with Crippen LogP contribution in [0.15, 0.2) is 0 Å². The minimum Gasteiger partial charge on any atom is -0.342 e. The molecule has 0 spiro atoms. The van der Waals surface area contributed by atoms with E-state index < -0.39 is 0 Å². The van der Waals surface area contributed by atoms with Crippen molar-refractivity contribution in [3.05, 3.63) is 39.2 Å². The second kappa shape index (κ2) is 5.63. The number of hydrogen-bond donors (Lipinski definition) is 2. The normalized spacial score (nSPS) is 12.3. The van der Waals surface area contributed by atoms with Crippen LogP contribution in [-0.4, -0.2) is 26.5 Å². The van der Waals surface area contributed by atoms with Gasteiger partial charge in [0.05, 0.1) is 6.04 Å². The Morgan fingerprint density at radius 3 is 2.00 bits per heavy atom. The van der Waals surface area contributed by atoms with E-state index >= 15 is 0 Å². The van der Waals surface area contributed by atoms with Crippen molar-refractivity contribution in [3.8, 4) is 0 Å². The average molecular weight is 287 g/mol. The number of aromatic amines is 1. The zero-order valence-electron chi connectivity index (χ0n) is 13.3. The number of carbonyl (C=O) groups is 1. The molecule has 0 aliphatic carbocycles. The van der Waals surface area contributed by atoms with E-state index in [9.17, 15) is 4.79 Å². The van der Waals surface area contributed by atoms with Crippen LogP contribution in [0.2, 0.25) is 0 Å². The number of tetrazole rings is 1. The molecule has 6 heteroatoms. The SMILES string of the molecule is Cc1c(C)c(C)c(C(=O)NC(C)c2nn[nH]n2)c(C)c1C. The lowest BCUT2D eigenvalue weighted by atomic mass is 9.89. The zero-order valence-corrected chi connectivity index (χ0v) is 13.3. The maximum Gasteiger partial charge on any atom is 0.252 e. The fraction of sp³-hybridized carbons (Fsp3) is 0.467. The van der Waals surface area contributed by atoms with Crippen LogP contribution in [0, 0.1) is 34.6 Å². The summed E-state index contributed by atoms with van der Waals surface area (Å²) < 4.78 is 0. The number of carbonyl (C=O) groups excluding carboxylic acids is 1. The van der Waals surface area contributed by atoms with Crippen LogP contribution in [0.5, 0.6) is 0 Å². The largest absolute Gasteiger partial charge is 0.342 e. The highest BCUT2D eigenvalue weighted by Crippen LogP contribution is 2.26. The van der Waals surface area contributed by atoms with Gasteiger partial charge in [-0.25, -0.2) is 0 Å². The van der Waals surface area contributed by atoms with E-state index in [2.05, 4.69) is 46.7 Å². The van der Waals surface area contributed by atoms with Crippen molar-refractivity contribution in [3.63, 3.8) is 0 Å². The maximum absolute atomic E-state index is 12.6. The molecule has 0 bridgehead atoms. The maximum atomic E-state index is 12.6. The molecular weight excluding hydrogens is 266 g/mol. The average Bonchev–Trinajstić information content (AvgIpc) is 2.97. The van der Waals surface area contributed by atoms with Gasteiger partial charge in [0.1, 0.15) is 0 Å². The smallest absolute Gasteiger partial charge is 0.252 e. The van der Waals surface area contributed by atoms with Crippen molar-refractivity contribution in [1.82, 2.24) is 25.9 Å². The lowest BCUT2D eigenvalue weighted by molar-refractivity contribution is 0.0937. The molecule has 2 N–H and O–H groups in total. The van der Waals surface area contributed by atoms with Crippen LogP contribution in [-0.2, 0) is 0 Å². The number of benzene rings is 1. The summed E-state index contributed by atoms with van der Waals surface area (Å²) in [6, 6.07) is -0.294. The molecule has 1 heterocycles. The second-order valence-corrected chi connectivity index (χ2v) is 5.47. The lowest BCUT2D eigenvalue weighted by Gasteiger charge is -2.19. The summed E-state index contributed by atoms with van der Waals surface area (Å²) in [5, 5.41) is 16.6. The monoisotopic (exact) mass is 287 g/mol. The minimum absolute atomic E-state index is 0.103. The van der Waals surface area contributed by atoms with E-state index in [4.69, 9.17) is 0 Å². The molecule has 1 unspecified atom stereocenters. The van der Waals surface area contributed by atoms with E-state index in [0.29, 0.717) is 5.82 Å². The van der Waals surface area contributed by atoms with Crippen molar-refractivity contribution >= 4 is 5.91 Å². The first-order valence-electron chi connectivity index (χ1n) is 6.95. The van der Waals surface area contributed by atoms with E-state index in [0.717, 1.165) is 27.8 Å². The van der Waals surface area contributed by atoms with Crippen molar-refractivity contribution in [2.24, 2.45) is 0 Å². The number of rotatable bonds is 3. The summed E-state index contributed by atoms with van der Waals surface area (Å²) in [4.78, 5) is 12.6. The first kappa shape index (κ1) is 15.2. The number of aromatic nitrogens is 4. The van der Waals surface area contributed by atoms with Crippen molar-refractivity contribution in [2.45, 2.75) is 47.6 Å². The highest BCUT2D eigenvalue weighted by atomic mass is 16.1. The molecule has 1 amide bonds. The summed E-state index contributed by atoms with van der Waals surface area (Å²) in [6.07, 6.45) is 0. The summed E-state index contributed by atoms with van der Waals surface area (Å²) in [7, 11) is 0. The van der Waals surface area contributed by atoms with Crippen LogP contribution in [0.1, 0.15) is 57.0 Å². The fourth-order valence-corrected chi connectivity index (χ4v) is 2.53. The molecule has 21 heavy (non-hydrogen) atoms. The summed E-state index contributed by atoms with van der Waals surface area (Å²) in [5.41, 5.74) is 6.35. The van der Waals surface area contributed by atoms with Gasteiger partial charge in [0.2, 0.25) is 0 Å². The molecule has 1 atom stereocenters. The Balaban J connectivity index is 2.36. The molecule has 2 rings (SSSR count). The van der Waals surface area contributed by atoms with Crippen LogP contribution >= 0.6 is 0 Å². The van der Waals surface area contributed by atoms with Crippen molar-refractivity contribution < 1.29 is 4.79 Å². The fourth-order valence-electron chi connectivity index (χ4n) is 2.53. The Labute approximate surface area is 124 Å². The molecule has 0 aliphatic heterocycles. The Morgan fingerprint density at radius 2 is 1.52 bits per heavy atom. The predicted octanol–water partition coefficient (Wildman–Crippen LogP) is 2.23. The molecule has 0 radical (unpaired) electrons. The van der Waals surface area contributed by atoms with Crippen LogP contribution in [0.3, 0.4) is 0 Å². The van der Waals surface area contributed by atoms with Crippen LogP contribution in [0.25, 0.3) is 0 Å². The van der Waals surface area contributed by atoms with E-state index in [1.807, 2.05) is 20.8 Å². The molecule has 2 aromatic rings. The molecule has 0 fully saturated rings. The standard InChI is InChI=1S/C15H21N5O/c1-7-8(2)10(4)13(11(5)9(7)3)15(21)16-12(6)14-17-19-20-18-14/h12H,1-6H3,(H,16,21)(H,17,18,19,20). The number of nitrogens with zero attached hydrogens (tertiary/aromatic N) is 3. The molecule has 1 aromatic carbocycles. The van der Waals surface area contributed by atoms with Gasteiger partial charge in [-0.2, -0.15) is 5.21 Å². The highest BCUT2D eigenvalue weighted by Gasteiger charge is 2.21. The topological polar surface area (TPSA) is 83.6 Å². The van der Waals surface area contributed by atoms with E-state index in [1.54, 1.807) is 0 Å².